The average Bonchev–Trinajstić information content (AvgIpc) is 2.41. The van der Waals surface area contributed by atoms with Crippen LogP contribution in [0.5, 0.6) is 0 Å². The predicted octanol–water partition coefficient (Wildman–Crippen LogP) is 1.89. The third-order valence-corrected chi connectivity index (χ3v) is 4.14. The predicted molar refractivity (Wildman–Crippen MR) is 70.0 cm³/mol. The molecule has 1 aromatic rings. The minimum Gasteiger partial charge on any atom is -0.478 e. The smallest absolute Gasteiger partial charge is 0.335 e. The van der Waals surface area contributed by atoms with Crippen LogP contribution >= 0.6 is 0 Å². The van der Waals surface area contributed by atoms with Crippen molar-refractivity contribution in [3.63, 3.8) is 0 Å². The minimum absolute atomic E-state index is 0.342. The molecular formula is C14H18N2O2. The van der Waals surface area contributed by atoms with Gasteiger partial charge in [0.2, 0.25) is 0 Å². The number of carboxylic acids is 1. The zero-order chi connectivity index (χ0) is 12.5. The molecule has 18 heavy (non-hydrogen) atoms. The van der Waals surface area contributed by atoms with E-state index < -0.39 is 5.97 Å². The number of aromatic carboxylic acids is 1. The first-order chi connectivity index (χ1) is 8.72. The van der Waals surface area contributed by atoms with E-state index in [0.29, 0.717) is 11.6 Å². The summed E-state index contributed by atoms with van der Waals surface area (Å²) in [6.45, 7) is 3.59. The molecule has 1 aromatic carbocycles. The Morgan fingerprint density at radius 2 is 1.89 bits per heavy atom. The number of carboxylic acid groups (broad SMARTS) is 1. The molecular weight excluding hydrogens is 228 g/mol. The normalized spacial score (nSPS) is 30.1. The highest BCUT2D eigenvalue weighted by atomic mass is 16.4. The highest BCUT2D eigenvalue weighted by molar-refractivity contribution is 5.88. The van der Waals surface area contributed by atoms with Gasteiger partial charge >= 0.3 is 5.97 Å². The van der Waals surface area contributed by atoms with Crippen molar-refractivity contribution in [3.8, 4) is 0 Å². The monoisotopic (exact) mass is 246 g/mol. The molecule has 4 nitrogen and oxygen atoms in total. The molecule has 0 aromatic heterocycles. The van der Waals surface area contributed by atoms with Crippen molar-refractivity contribution in [2.75, 3.05) is 25.0 Å². The molecule has 3 saturated heterocycles. The van der Waals surface area contributed by atoms with E-state index in [1.165, 1.54) is 25.9 Å². The van der Waals surface area contributed by atoms with E-state index in [0.717, 1.165) is 18.2 Å². The van der Waals surface area contributed by atoms with Gasteiger partial charge in [0.1, 0.15) is 0 Å². The molecule has 0 saturated carbocycles. The van der Waals surface area contributed by atoms with E-state index in [1.54, 1.807) is 12.1 Å². The topological polar surface area (TPSA) is 52.6 Å². The molecule has 3 heterocycles. The SMILES string of the molecule is O=C(O)c1ccc(NC2CN3CCC2CC3)cc1. The number of fused-ring (bicyclic) bond motifs is 3. The van der Waals surface area contributed by atoms with Crippen LogP contribution in [0.4, 0.5) is 5.69 Å². The molecule has 0 aliphatic carbocycles. The van der Waals surface area contributed by atoms with Gasteiger partial charge in [0.25, 0.3) is 0 Å². The molecule has 4 heteroatoms. The van der Waals surface area contributed by atoms with Crippen molar-refractivity contribution in [2.45, 2.75) is 18.9 Å². The molecule has 2 bridgehead atoms. The Hall–Kier alpha value is -1.55. The van der Waals surface area contributed by atoms with Crippen LogP contribution in [0.2, 0.25) is 0 Å². The van der Waals surface area contributed by atoms with Crippen molar-refractivity contribution < 1.29 is 9.90 Å². The molecule has 3 aliphatic heterocycles. The van der Waals surface area contributed by atoms with E-state index in [1.807, 2.05) is 12.1 Å². The third kappa shape index (κ3) is 2.20. The number of hydrogen-bond donors (Lipinski definition) is 2. The Labute approximate surface area is 107 Å². The van der Waals surface area contributed by atoms with E-state index in [9.17, 15) is 4.79 Å². The van der Waals surface area contributed by atoms with Crippen LogP contribution in [0, 0.1) is 5.92 Å². The second kappa shape index (κ2) is 4.61. The van der Waals surface area contributed by atoms with E-state index in [4.69, 9.17) is 5.11 Å². The van der Waals surface area contributed by atoms with Crippen molar-refractivity contribution in [1.29, 1.82) is 0 Å². The summed E-state index contributed by atoms with van der Waals surface area (Å²) in [6, 6.07) is 7.56. The van der Waals surface area contributed by atoms with Gasteiger partial charge in [-0.15, -0.1) is 0 Å². The Morgan fingerprint density at radius 1 is 1.22 bits per heavy atom. The van der Waals surface area contributed by atoms with Crippen LogP contribution in [0.25, 0.3) is 0 Å². The molecule has 0 radical (unpaired) electrons. The summed E-state index contributed by atoms with van der Waals surface area (Å²) < 4.78 is 0. The molecule has 0 amide bonds. The van der Waals surface area contributed by atoms with Gasteiger partial charge in [0.05, 0.1) is 5.56 Å². The Balaban J connectivity index is 1.67. The summed E-state index contributed by atoms with van der Waals surface area (Å²) >= 11 is 0. The zero-order valence-electron chi connectivity index (χ0n) is 10.3. The fourth-order valence-electron chi connectivity index (χ4n) is 3.05. The summed E-state index contributed by atoms with van der Waals surface area (Å²) in [5, 5.41) is 12.4. The van der Waals surface area contributed by atoms with Gasteiger partial charge in [-0.05, 0) is 56.1 Å². The number of benzene rings is 1. The zero-order valence-corrected chi connectivity index (χ0v) is 10.3. The van der Waals surface area contributed by atoms with E-state index in [2.05, 4.69) is 10.2 Å². The van der Waals surface area contributed by atoms with Gasteiger partial charge in [-0.1, -0.05) is 0 Å². The summed E-state index contributed by atoms with van der Waals surface area (Å²) in [6.07, 6.45) is 2.57. The fourth-order valence-corrected chi connectivity index (χ4v) is 3.05. The molecule has 0 spiro atoms. The highest BCUT2D eigenvalue weighted by Gasteiger charge is 2.33. The molecule has 2 N–H and O–H groups in total. The first-order valence-electron chi connectivity index (χ1n) is 6.54. The molecule has 1 atom stereocenters. The van der Waals surface area contributed by atoms with Gasteiger partial charge in [0.15, 0.2) is 0 Å². The Morgan fingerprint density at radius 3 is 2.39 bits per heavy atom. The van der Waals surface area contributed by atoms with Gasteiger partial charge in [-0.2, -0.15) is 0 Å². The lowest BCUT2D eigenvalue weighted by Gasteiger charge is -2.45. The Bertz CT molecular complexity index is 436. The van der Waals surface area contributed by atoms with Crippen molar-refractivity contribution in [2.24, 2.45) is 5.92 Å². The van der Waals surface area contributed by atoms with Crippen molar-refractivity contribution >= 4 is 11.7 Å². The van der Waals surface area contributed by atoms with Gasteiger partial charge in [0, 0.05) is 18.3 Å². The van der Waals surface area contributed by atoms with Crippen molar-refractivity contribution in [3.05, 3.63) is 29.8 Å². The minimum atomic E-state index is -0.871. The lowest BCUT2D eigenvalue weighted by molar-refractivity contribution is 0.0697. The molecule has 3 aliphatic rings. The first kappa shape index (κ1) is 11.5. The van der Waals surface area contributed by atoms with Gasteiger partial charge < -0.3 is 15.3 Å². The van der Waals surface area contributed by atoms with Gasteiger partial charge in [-0.3, -0.25) is 0 Å². The van der Waals surface area contributed by atoms with Crippen LogP contribution in [0.15, 0.2) is 24.3 Å². The van der Waals surface area contributed by atoms with Crippen LogP contribution < -0.4 is 5.32 Å². The summed E-state index contributed by atoms with van der Waals surface area (Å²) in [5.74, 6) is -0.0986. The van der Waals surface area contributed by atoms with Crippen LogP contribution in [-0.2, 0) is 0 Å². The number of rotatable bonds is 3. The van der Waals surface area contributed by atoms with E-state index >= 15 is 0 Å². The average molecular weight is 246 g/mol. The number of carbonyl (C=O) groups is 1. The maximum atomic E-state index is 10.8. The maximum Gasteiger partial charge on any atom is 0.335 e. The second-order valence-electron chi connectivity index (χ2n) is 5.27. The highest BCUT2D eigenvalue weighted by Crippen LogP contribution is 2.29. The summed E-state index contributed by atoms with van der Waals surface area (Å²) in [5.41, 5.74) is 1.37. The number of nitrogens with zero attached hydrogens (tertiary/aromatic N) is 1. The molecule has 3 fully saturated rings. The number of hydrogen-bond acceptors (Lipinski definition) is 3. The lowest BCUT2D eigenvalue weighted by Crippen LogP contribution is -2.53. The third-order valence-electron chi connectivity index (χ3n) is 4.14. The number of piperidine rings is 3. The standard InChI is InChI=1S/C14H18N2O2/c17-14(18)11-1-3-12(4-2-11)15-13-9-16-7-5-10(13)6-8-16/h1-4,10,13,15H,5-9H2,(H,17,18). The summed E-state index contributed by atoms with van der Waals surface area (Å²) in [7, 11) is 0. The quantitative estimate of drug-likeness (QED) is 0.855. The van der Waals surface area contributed by atoms with Crippen LogP contribution in [0.3, 0.4) is 0 Å². The first-order valence-corrected chi connectivity index (χ1v) is 6.54. The van der Waals surface area contributed by atoms with E-state index in [-0.39, 0.29) is 0 Å². The fraction of sp³-hybridized carbons (Fsp3) is 0.500. The van der Waals surface area contributed by atoms with Gasteiger partial charge in [-0.25, -0.2) is 4.79 Å². The Kier molecular flexibility index (Phi) is 2.96. The number of anilines is 1. The maximum absolute atomic E-state index is 10.8. The molecule has 96 valence electrons. The lowest BCUT2D eigenvalue weighted by atomic mass is 9.84. The molecule has 4 rings (SSSR count). The van der Waals surface area contributed by atoms with Crippen molar-refractivity contribution in [1.82, 2.24) is 4.90 Å². The van der Waals surface area contributed by atoms with Crippen LogP contribution in [-0.4, -0.2) is 41.7 Å². The number of nitrogens with one attached hydrogen (secondary N) is 1. The van der Waals surface area contributed by atoms with Crippen LogP contribution in [0.1, 0.15) is 23.2 Å². The largest absolute Gasteiger partial charge is 0.478 e. The summed E-state index contributed by atoms with van der Waals surface area (Å²) in [4.78, 5) is 13.3. The second-order valence-corrected chi connectivity index (χ2v) is 5.27. The molecule has 1 unspecified atom stereocenters.